The quantitative estimate of drug-likeness (QED) is 0.329. The molecule has 0 aliphatic carbocycles. The lowest BCUT2D eigenvalue weighted by Crippen LogP contribution is -2.11. The summed E-state index contributed by atoms with van der Waals surface area (Å²) >= 11 is 3.37. The first-order valence-electron chi connectivity index (χ1n) is 9.13. The van der Waals surface area contributed by atoms with Gasteiger partial charge in [-0.1, -0.05) is 18.2 Å². The number of thioether (sulfide) groups is 1. The third-order valence-corrected chi connectivity index (χ3v) is 5.90. The van der Waals surface area contributed by atoms with Crippen LogP contribution in [0.15, 0.2) is 76.5 Å². The van der Waals surface area contributed by atoms with Crippen molar-refractivity contribution < 1.29 is 4.74 Å². The maximum absolute atomic E-state index is 6.24. The van der Waals surface area contributed by atoms with E-state index in [2.05, 4.69) is 79.4 Å². The van der Waals surface area contributed by atoms with E-state index in [0.29, 0.717) is 0 Å². The first-order valence-corrected chi connectivity index (χ1v) is 11.2. The first kappa shape index (κ1) is 20.6. The van der Waals surface area contributed by atoms with Crippen molar-refractivity contribution in [3.63, 3.8) is 0 Å². The molecule has 0 fully saturated rings. The zero-order valence-corrected chi connectivity index (χ0v) is 18.4. The number of anilines is 1. The van der Waals surface area contributed by atoms with Gasteiger partial charge in [0.15, 0.2) is 0 Å². The largest absolute Gasteiger partial charge is 0.457 e. The van der Waals surface area contributed by atoms with Crippen molar-refractivity contribution in [2.45, 2.75) is 23.3 Å². The van der Waals surface area contributed by atoms with Gasteiger partial charge < -0.3 is 14.4 Å². The summed E-state index contributed by atoms with van der Waals surface area (Å²) in [6, 6.07) is 22.8. The van der Waals surface area contributed by atoms with Crippen LogP contribution in [0.1, 0.15) is 11.1 Å². The predicted molar refractivity (Wildman–Crippen MR) is 123 cm³/mol. The molecule has 0 amide bonds. The maximum atomic E-state index is 6.24. The monoisotopic (exact) mass is 410 g/mol. The lowest BCUT2D eigenvalue weighted by Gasteiger charge is -2.17. The lowest BCUT2D eigenvalue weighted by atomic mass is 10.2. The minimum absolute atomic E-state index is 0.816. The van der Waals surface area contributed by atoms with Crippen molar-refractivity contribution >= 4 is 29.4 Å². The van der Waals surface area contributed by atoms with Crippen LogP contribution >= 0.6 is 23.7 Å². The molecule has 3 aromatic rings. The predicted octanol–water partition coefficient (Wildman–Crippen LogP) is 6.69. The van der Waals surface area contributed by atoms with Crippen molar-refractivity contribution in [1.29, 1.82) is 0 Å². The summed E-state index contributed by atoms with van der Waals surface area (Å²) in [5, 5.41) is 0. The Morgan fingerprint density at radius 3 is 2.43 bits per heavy atom. The Labute approximate surface area is 176 Å². The highest BCUT2D eigenvalue weighted by Crippen LogP contribution is 2.32. The second-order valence-corrected chi connectivity index (χ2v) is 8.54. The smallest absolute Gasteiger partial charge is 0.132 e. The zero-order valence-electron chi connectivity index (χ0n) is 16.7. The molecule has 0 heterocycles. The number of nitrogens with one attached hydrogen (secondary N) is 1. The number of hydrogen-bond acceptors (Lipinski definition) is 5. The summed E-state index contributed by atoms with van der Waals surface area (Å²) < 4.78 is 9.63. The molecule has 3 nitrogen and oxygen atoms in total. The van der Waals surface area contributed by atoms with Crippen molar-refractivity contribution in [3.05, 3.63) is 77.9 Å². The van der Waals surface area contributed by atoms with Crippen LogP contribution in [0.4, 0.5) is 5.69 Å². The van der Waals surface area contributed by atoms with Crippen LogP contribution in [0.2, 0.25) is 0 Å². The Balaban J connectivity index is 1.79. The van der Waals surface area contributed by atoms with E-state index in [1.165, 1.54) is 10.5 Å². The third kappa shape index (κ3) is 5.71. The molecule has 0 radical (unpaired) electrons. The van der Waals surface area contributed by atoms with Gasteiger partial charge in [-0.15, -0.1) is 11.8 Å². The topological polar surface area (TPSA) is 24.5 Å². The summed E-state index contributed by atoms with van der Waals surface area (Å²) in [4.78, 5) is 4.59. The minimum Gasteiger partial charge on any atom is -0.457 e. The number of hydrogen-bond donors (Lipinski definition) is 1. The molecule has 0 bridgehead atoms. The van der Waals surface area contributed by atoms with E-state index in [-0.39, 0.29) is 0 Å². The second kappa shape index (κ2) is 9.92. The Bertz CT molecular complexity index is 914. The van der Waals surface area contributed by atoms with Crippen LogP contribution in [0.5, 0.6) is 11.5 Å². The number of rotatable bonds is 8. The van der Waals surface area contributed by atoms with Gasteiger partial charge in [0.05, 0.1) is 0 Å². The molecule has 3 aromatic carbocycles. The molecule has 0 saturated carbocycles. The van der Waals surface area contributed by atoms with E-state index in [1.807, 2.05) is 24.3 Å². The van der Waals surface area contributed by atoms with Crippen molar-refractivity contribution in [1.82, 2.24) is 4.90 Å². The summed E-state index contributed by atoms with van der Waals surface area (Å²) in [6.07, 6.45) is 2.10. The molecule has 0 unspecified atom stereocenters. The van der Waals surface area contributed by atoms with Gasteiger partial charge in [-0.05, 0) is 93.3 Å². The average Bonchev–Trinajstić information content (AvgIpc) is 2.68. The van der Waals surface area contributed by atoms with Gasteiger partial charge in [0.2, 0.25) is 0 Å². The molecule has 1 N–H and O–H groups in total. The second-order valence-electron chi connectivity index (χ2n) is 6.81. The van der Waals surface area contributed by atoms with E-state index in [9.17, 15) is 0 Å². The summed E-state index contributed by atoms with van der Waals surface area (Å²) in [5.41, 5.74) is 3.49. The molecule has 0 atom stereocenters. The van der Waals surface area contributed by atoms with E-state index in [0.717, 1.165) is 34.2 Å². The van der Waals surface area contributed by atoms with Gasteiger partial charge in [0.1, 0.15) is 11.5 Å². The van der Waals surface area contributed by atoms with Crippen LogP contribution in [-0.4, -0.2) is 25.3 Å². The number of nitrogens with zero attached hydrogens (tertiary/aromatic N) is 1. The van der Waals surface area contributed by atoms with E-state index in [4.69, 9.17) is 4.74 Å². The van der Waals surface area contributed by atoms with Crippen molar-refractivity contribution in [2.75, 3.05) is 25.1 Å². The lowest BCUT2D eigenvalue weighted by molar-refractivity contribution is 0.388. The van der Waals surface area contributed by atoms with Crippen LogP contribution in [0.25, 0.3) is 0 Å². The van der Waals surface area contributed by atoms with Crippen molar-refractivity contribution in [3.8, 4) is 11.5 Å². The highest BCUT2D eigenvalue weighted by atomic mass is 32.2. The van der Waals surface area contributed by atoms with Gasteiger partial charge in [0, 0.05) is 27.6 Å². The number of aryl methyl sites for hydroxylation is 1. The number of para-hydroxylation sites is 1. The highest BCUT2D eigenvalue weighted by Gasteiger charge is 2.10. The molecule has 5 heteroatoms. The highest BCUT2D eigenvalue weighted by molar-refractivity contribution is 8.00. The first-order chi connectivity index (χ1) is 13.5. The summed E-state index contributed by atoms with van der Waals surface area (Å²) in [6.45, 7) is 2.94. The Hall–Kier alpha value is -2.08. The van der Waals surface area contributed by atoms with Gasteiger partial charge >= 0.3 is 0 Å². The summed E-state index contributed by atoms with van der Waals surface area (Å²) in [5.74, 6) is 1.77. The maximum Gasteiger partial charge on any atom is 0.132 e. The van der Waals surface area contributed by atoms with Crippen LogP contribution in [0, 0.1) is 6.92 Å². The van der Waals surface area contributed by atoms with Gasteiger partial charge in [-0.25, -0.2) is 0 Å². The van der Waals surface area contributed by atoms with Gasteiger partial charge in [0.25, 0.3) is 0 Å². The van der Waals surface area contributed by atoms with Crippen LogP contribution < -0.4 is 9.46 Å². The fourth-order valence-corrected chi connectivity index (χ4v) is 4.14. The van der Waals surface area contributed by atoms with E-state index < -0.39 is 0 Å². The van der Waals surface area contributed by atoms with Gasteiger partial charge in [-0.2, -0.15) is 0 Å². The van der Waals surface area contributed by atoms with Crippen molar-refractivity contribution in [2.24, 2.45) is 0 Å². The molecular weight excluding hydrogens is 384 g/mol. The number of benzene rings is 3. The molecule has 0 aliphatic heterocycles. The molecular formula is C23H26N2OS2. The SMILES string of the molecule is CSc1ccc(Oc2ccc(SNc3ccccc3)cc2CN(C)C)cc1C. The van der Waals surface area contributed by atoms with Gasteiger partial charge in [-0.3, -0.25) is 0 Å². The van der Waals surface area contributed by atoms with E-state index in [1.54, 1.807) is 23.7 Å². The van der Waals surface area contributed by atoms with Crippen LogP contribution in [0.3, 0.4) is 0 Å². The molecule has 0 saturated heterocycles. The Morgan fingerprint density at radius 2 is 1.75 bits per heavy atom. The standard InChI is InChI=1S/C23H26N2OS2/c1-17-14-20(10-13-23(17)27-4)26-22-12-11-21(15-18(22)16-25(2)3)28-24-19-8-6-5-7-9-19/h5-15,24H,16H2,1-4H3. The zero-order chi connectivity index (χ0) is 19.9. The number of ether oxygens (including phenoxy) is 1. The fraction of sp³-hybridized carbons (Fsp3) is 0.217. The molecule has 0 spiro atoms. The molecule has 0 aliphatic rings. The minimum atomic E-state index is 0.816. The molecule has 146 valence electrons. The Morgan fingerprint density at radius 1 is 0.964 bits per heavy atom. The average molecular weight is 411 g/mol. The summed E-state index contributed by atoms with van der Waals surface area (Å²) in [7, 11) is 4.15. The Kier molecular flexibility index (Phi) is 7.31. The normalized spacial score (nSPS) is 10.9. The third-order valence-electron chi connectivity index (χ3n) is 4.17. The molecule has 28 heavy (non-hydrogen) atoms. The molecule has 0 aromatic heterocycles. The fourth-order valence-electron chi connectivity index (χ4n) is 2.85. The molecule has 3 rings (SSSR count). The van der Waals surface area contributed by atoms with Crippen LogP contribution in [-0.2, 0) is 6.54 Å². The van der Waals surface area contributed by atoms with E-state index >= 15 is 0 Å².